The van der Waals surface area contributed by atoms with Crippen molar-refractivity contribution in [3.8, 4) is 0 Å². The molecule has 1 aromatic carbocycles. The normalized spacial score (nSPS) is 13.9. The van der Waals surface area contributed by atoms with Crippen LogP contribution in [-0.2, 0) is 21.2 Å². The summed E-state index contributed by atoms with van der Waals surface area (Å²) in [6.07, 6.45) is 0. The van der Waals surface area contributed by atoms with Crippen LogP contribution in [0.15, 0.2) is 28.0 Å². The Bertz CT molecular complexity index is 477. The second-order valence-electron chi connectivity index (χ2n) is 2.64. The third-order valence-corrected chi connectivity index (χ3v) is 3.27. The zero-order valence-electron chi connectivity index (χ0n) is 7.13. The Morgan fingerprint density at radius 1 is 1.43 bits per heavy atom. The fraction of sp³-hybridized carbons (Fsp3) is 0.143. The van der Waals surface area contributed by atoms with Gasteiger partial charge in [-0.25, -0.2) is 0 Å². The van der Waals surface area contributed by atoms with E-state index in [1.807, 2.05) is 0 Å². The van der Waals surface area contributed by atoms with Crippen LogP contribution < -0.4 is 0 Å². The van der Waals surface area contributed by atoms with Crippen LogP contribution in [-0.4, -0.2) is 21.7 Å². The maximum Gasteiger partial charge on any atom is 0.294 e. The lowest BCUT2D eigenvalue weighted by molar-refractivity contribution is 0.482. The minimum atomic E-state index is -4.28. The Balaban J connectivity index is 3.35. The number of hydrogen-bond donors (Lipinski definition) is 1. The van der Waals surface area contributed by atoms with Gasteiger partial charge in [0.1, 0.15) is 0 Å². The minimum Gasteiger partial charge on any atom is -0.768 e. The Morgan fingerprint density at radius 2 is 2.00 bits per heavy atom. The molecule has 1 rings (SSSR count). The van der Waals surface area contributed by atoms with Crippen molar-refractivity contribution in [1.29, 1.82) is 0 Å². The van der Waals surface area contributed by atoms with Gasteiger partial charge in [0, 0.05) is 4.90 Å². The highest BCUT2D eigenvalue weighted by atomic mass is 32.2. The van der Waals surface area contributed by atoms with Crippen LogP contribution in [0.1, 0.15) is 5.56 Å². The Morgan fingerprint density at radius 3 is 2.36 bits per heavy atom. The van der Waals surface area contributed by atoms with E-state index in [0.29, 0.717) is 0 Å². The van der Waals surface area contributed by atoms with Gasteiger partial charge in [-0.15, -0.1) is 0 Å². The van der Waals surface area contributed by atoms with Crippen LogP contribution in [0.2, 0.25) is 0 Å². The third kappa shape index (κ3) is 2.38. The molecular weight excluding hydrogens is 228 g/mol. The van der Waals surface area contributed by atoms with Crippen LogP contribution in [0, 0.1) is 6.92 Å². The average molecular weight is 235 g/mol. The van der Waals surface area contributed by atoms with Gasteiger partial charge in [0.15, 0.2) is 0 Å². The Hall–Kier alpha value is -0.760. The molecule has 0 saturated carbocycles. The molecule has 0 spiro atoms. The number of aryl methyl sites for hydroxylation is 1. The van der Waals surface area contributed by atoms with E-state index >= 15 is 0 Å². The Labute approximate surface area is 83.8 Å². The number of hydrogen-bond acceptors (Lipinski definition) is 4. The molecule has 1 unspecified atom stereocenters. The lowest BCUT2D eigenvalue weighted by Gasteiger charge is -2.07. The molecule has 0 heterocycles. The largest absolute Gasteiger partial charge is 0.768 e. The minimum absolute atomic E-state index is 0.0186. The van der Waals surface area contributed by atoms with E-state index in [2.05, 4.69) is 0 Å². The molecule has 1 atom stereocenters. The van der Waals surface area contributed by atoms with Gasteiger partial charge < -0.3 is 4.55 Å². The van der Waals surface area contributed by atoms with Gasteiger partial charge in [-0.05, 0) is 41.8 Å². The molecule has 0 aliphatic rings. The first-order chi connectivity index (χ1) is 6.32. The third-order valence-electron chi connectivity index (χ3n) is 1.62. The predicted molar refractivity (Wildman–Crippen MR) is 48.2 cm³/mol. The van der Waals surface area contributed by atoms with Crippen molar-refractivity contribution in [2.75, 3.05) is 0 Å². The van der Waals surface area contributed by atoms with Crippen LogP contribution in [0.4, 0.5) is 0 Å². The smallest absolute Gasteiger partial charge is 0.294 e. The van der Waals surface area contributed by atoms with Crippen LogP contribution in [0.3, 0.4) is 0 Å². The van der Waals surface area contributed by atoms with Crippen LogP contribution >= 0.6 is 0 Å². The standard InChI is InChI=1S/C7H8O5S2/c1-5-4-6(13(8)9)2-3-7(5)14(10,11)12/h2-4H,1H3,(H,8,9)(H,10,11,12)/p-1. The summed E-state index contributed by atoms with van der Waals surface area (Å²) in [5.41, 5.74) is 0.189. The molecule has 7 heteroatoms. The fourth-order valence-corrected chi connectivity index (χ4v) is 2.17. The highest BCUT2D eigenvalue weighted by Gasteiger charge is 2.12. The van der Waals surface area contributed by atoms with Crippen molar-refractivity contribution >= 4 is 21.2 Å². The van der Waals surface area contributed by atoms with E-state index in [1.165, 1.54) is 13.0 Å². The van der Waals surface area contributed by atoms with Crippen LogP contribution in [0.5, 0.6) is 0 Å². The maximum atomic E-state index is 10.7. The Kier molecular flexibility index (Phi) is 3.05. The van der Waals surface area contributed by atoms with E-state index in [1.54, 1.807) is 0 Å². The maximum absolute atomic E-state index is 10.7. The quantitative estimate of drug-likeness (QED) is 0.594. The van der Waals surface area contributed by atoms with E-state index in [-0.39, 0.29) is 15.4 Å². The van der Waals surface area contributed by atoms with E-state index < -0.39 is 21.2 Å². The SMILES string of the molecule is Cc1cc(S(=O)[O-])ccc1S(=O)(=O)O. The highest BCUT2D eigenvalue weighted by molar-refractivity contribution is 7.86. The lowest BCUT2D eigenvalue weighted by atomic mass is 10.2. The van der Waals surface area contributed by atoms with Crippen molar-refractivity contribution in [2.45, 2.75) is 16.7 Å². The van der Waals surface area contributed by atoms with Gasteiger partial charge in [0.25, 0.3) is 10.1 Å². The monoisotopic (exact) mass is 235 g/mol. The van der Waals surface area contributed by atoms with Crippen LogP contribution in [0.25, 0.3) is 0 Å². The number of rotatable bonds is 2. The van der Waals surface area contributed by atoms with E-state index in [0.717, 1.165) is 12.1 Å². The van der Waals surface area contributed by atoms with Gasteiger partial charge in [-0.3, -0.25) is 8.76 Å². The molecular formula is C7H7O5S2-. The highest BCUT2D eigenvalue weighted by Crippen LogP contribution is 2.17. The van der Waals surface area contributed by atoms with Gasteiger partial charge in [0.2, 0.25) is 0 Å². The van der Waals surface area contributed by atoms with Crippen molar-refractivity contribution in [3.63, 3.8) is 0 Å². The molecule has 0 radical (unpaired) electrons. The van der Waals surface area contributed by atoms with Crippen molar-refractivity contribution in [2.24, 2.45) is 0 Å². The molecule has 0 aliphatic carbocycles. The average Bonchev–Trinajstić information content (AvgIpc) is 2.01. The zero-order chi connectivity index (χ0) is 10.9. The summed E-state index contributed by atoms with van der Waals surface area (Å²) in [4.78, 5) is -0.304. The molecule has 0 aromatic heterocycles. The molecule has 0 amide bonds. The number of benzene rings is 1. The molecule has 0 fully saturated rings. The summed E-state index contributed by atoms with van der Waals surface area (Å²) in [5.74, 6) is 0. The van der Waals surface area contributed by atoms with Gasteiger partial charge >= 0.3 is 0 Å². The van der Waals surface area contributed by atoms with E-state index in [4.69, 9.17) is 4.55 Å². The molecule has 1 N–H and O–H groups in total. The summed E-state index contributed by atoms with van der Waals surface area (Å²) in [6, 6.07) is 3.33. The second kappa shape index (κ2) is 3.77. The molecule has 0 aliphatic heterocycles. The molecule has 78 valence electrons. The topological polar surface area (TPSA) is 94.5 Å². The van der Waals surface area contributed by atoms with Gasteiger partial charge in [-0.1, -0.05) is 0 Å². The molecule has 0 bridgehead atoms. The predicted octanol–water partition coefficient (Wildman–Crippen LogP) is 0.480. The zero-order valence-corrected chi connectivity index (χ0v) is 8.76. The van der Waals surface area contributed by atoms with Gasteiger partial charge in [-0.2, -0.15) is 8.42 Å². The second-order valence-corrected chi connectivity index (χ2v) is 4.97. The van der Waals surface area contributed by atoms with Crippen molar-refractivity contribution in [3.05, 3.63) is 23.8 Å². The van der Waals surface area contributed by atoms with Gasteiger partial charge in [0.05, 0.1) is 4.90 Å². The molecule has 0 saturated heterocycles. The summed E-state index contributed by atoms with van der Waals surface area (Å²) < 4.78 is 51.2. The summed E-state index contributed by atoms with van der Waals surface area (Å²) in [5, 5.41) is 0. The first-order valence-electron chi connectivity index (χ1n) is 3.50. The molecule has 5 nitrogen and oxygen atoms in total. The van der Waals surface area contributed by atoms with Crippen molar-refractivity contribution in [1.82, 2.24) is 0 Å². The molecule has 1 aromatic rings. The summed E-state index contributed by atoms with van der Waals surface area (Å²) in [6.45, 7) is 1.40. The fourth-order valence-electron chi connectivity index (χ4n) is 1.01. The molecule has 14 heavy (non-hydrogen) atoms. The summed E-state index contributed by atoms with van der Waals surface area (Å²) in [7, 11) is -4.28. The summed E-state index contributed by atoms with van der Waals surface area (Å²) >= 11 is -2.40. The van der Waals surface area contributed by atoms with E-state index in [9.17, 15) is 17.2 Å². The van der Waals surface area contributed by atoms with Crippen molar-refractivity contribution < 1.29 is 21.7 Å². The first-order valence-corrected chi connectivity index (χ1v) is 6.01. The first kappa shape index (κ1) is 11.3. The lowest BCUT2D eigenvalue weighted by Crippen LogP contribution is -2.01.